The number of rotatable bonds is 3. The van der Waals surface area contributed by atoms with Gasteiger partial charge in [0.05, 0.1) is 5.56 Å². The molecule has 0 spiro atoms. The summed E-state index contributed by atoms with van der Waals surface area (Å²) in [5.41, 5.74) is -0.697. The van der Waals surface area contributed by atoms with Gasteiger partial charge in [-0.3, -0.25) is 0 Å². The van der Waals surface area contributed by atoms with Crippen molar-refractivity contribution in [1.29, 1.82) is 0 Å². The summed E-state index contributed by atoms with van der Waals surface area (Å²) in [5.74, 6) is -0.940. The van der Waals surface area contributed by atoms with Crippen LogP contribution < -0.4 is 0 Å². The summed E-state index contributed by atoms with van der Waals surface area (Å²) < 4.78 is 56.3. The number of aromatic amines is 1. The van der Waals surface area contributed by atoms with E-state index >= 15 is 0 Å². The summed E-state index contributed by atoms with van der Waals surface area (Å²) in [5, 5.41) is 0. The fraction of sp³-hybridized carbons (Fsp3) is 0.231. The Labute approximate surface area is 122 Å². The molecule has 0 atom stereocenters. The van der Waals surface area contributed by atoms with Crippen molar-refractivity contribution in [3.05, 3.63) is 46.1 Å². The first-order valence-corrected chi connectivity index (χ1v) is 6.18. The van der Waals surface area contributed by atoms with Crippen LogP contribution in [0.25, 0.3) is 11.3 Å². The number of ether oxygens (including phenoxy) is 1. The quantitative estimate of drug-likeness (QED) is 0.683. The van der Waals surface area contributed by atoms with Gasteiger partial charge < -0.3 is 9.72 Å². The summed E-state index contributed by atoms with van der Waals surface area (Å²) in [7, 11) is 1.46. The first kappa shape index (κ1) is 15.6. The van der Waals surface area contributed by atoms with E-state index in [0.717, 1.165) is 6.07 Å². The van der Waals surface area contributed by atoms with Gasteiger partial charge in [-0.2, -0.15) is 13.2 Å². The lowest BCUT2D eigenvalue weighted by Gasteiger charge is -2.10. The topological polar surface area (TPSA) is 37.9 Å². The van der Waals surface area contributed by atoms with Gasteiger partial charge in [-0.05, 0) is 18.2 Å². The summed E-state index contributed by atoms with van der Waals surface area (Å²) in [6.07, 6.45) is -4.73. The highest BCUT2D eigenvalue weighted by Crippen LogP contribution is 2.33. The van der Waals surface area contributed by atoms with Crippen LogP contribution in [0.3, 0.4) is 0 Å². The van der Waals surface area contributed by atoms with E-state index in [9.17, 15) is 17.6 Å². The van der Waals surface area contributed by atoms with Crippen molar-refractivity contribution in [2.24, 2.45) is 0 Å². The molecule has 0 bridgehead atoms. The number of benzene rings is 1. The van der Waals surface area contributed by atoms with Crippen LogP contribution in [0.1, 0.15) is 11.4 Å². The van der Waals surface area contributed by atoms with Gasteiger partial charge in [0, 0.05) is 18.4 Å². The van der Waals surface area contributed by atoms with Crippen LogP contribution in [0.15, 0.2) is 24.3 Å². The Bertz CT molecular complexity index is 712. The number of hydrogen-bond donors (Lipinski definition) is 1. The molecule has 0 radical (unpaired) electrons. The first-order valence-electron chi connectivity index (χ1n) is 5.77. The third-order valence-electron chi connectivity index (χ3n) is 2.66. The van der Waals surface area contributed by atoms with Crippen molar-refractivity contribution in [2.45, 2.75) is 12.8 Å². The normalized spacial score (nSPS) is 11.7. The van der Waals surface area contributed by atoms with Crippen molar-refractivity contribution in [1.82, 2.24) is 9.97 Å². The number of methoxy groups -OCH3 is 1. The number of aromatic nitrogens is 2. The molecule has 8 heteroatoms. The van der Waals surface area contributed by atoms with E-state index in [0.29, 0.717) is 17.6 Å². The van der Waals surface area contributed by atoms with Gasteiger partial charge in [-0.25, -0.2) is 9.37 Å². The van der Waals surface area contributed by atoms with Gasteiger partial charge in [0.25, 0.3) is 0 Å². The molecule has 0 unspecified atom stereocenters. The molecular weight excluding hydrogens is 308 g/mol. The Kier molecular flexibility index (Phi) is 4.38. The molecule has 21 heavy (non-hydrogen) atoms. The van der Waals surface area contributed by atoms with E-state index in [1.807, 2.05) is 0 Å². The predicted octanol–water partition coefficient (Wildman–Crippen LogP) is 4.11. The standard InChI is InChI=1S/C13H10F4N2OS/c1-20-6-11-18-10(5-12(21)19-11)7-2-3-8(9(14)4-7)13(15,16)17/h2-5H,6H2,1H3,(H,18,19,21). The second-order valence-corrected chi connectivity index (χ2v) is 4.62. The monoisotopic (exact) mass is 318 g/mol. The largest absolute Gasteiger partial charge is 0.419 e. The zero-order valence-electron chi connectivity index (χ0n) is 10.8. The Morgan fingerprint density at radius 3 is 2.57 bits per heavy atom. The molecule has 0 amide bonds. The molecule has 3 nitrogen and oxygen atoms in total. The highest BCUT2D eigenvalue weighted by Gasteiger charge is 2.33. The van der Waals surface area contributed by atoms with E-state index in [-0.39, 0.29) is 16.8 Å². The number of hydrogen-bond acceptors (Lipinski definition) is 3. The van der Waals surface area contributed by atoms with Crippen molar-refractivity contribution in [2.75, 3.05) is 7.11 Å². The lowest BCUT2D eigenvalue weighted by molar-refractivity contribution is -0.139. The molecule has 1 aromatic heterocycles. The summed E-state index contributed by atoms with van der Waals surface area (Å²) in [6, 6.07) is 4.11. The molecule has 1 aromatic carbocycles. The lowest BCUT2D eigenvalue weighted by atomic mass is 10.1. The van der Waals surface area contributed by atoms with E-state index in [4.69, 9.17) is 17.0 Å². The van der Waals surface area contributed by atoms with E-state index in [1.165, 1.54) is 19.2 Å². The molecule has 1 N–H and O–H groups in total. The van der Waals surface area contributed by atoms with E-state index < -0.39 is 17.6 Å². The average molecular weight is 318 g/mol. The van der Waals surface area contributed by atoms with Gasteiger partial charge >= 0.3 is 6.18 Å². The number of nitrogens with one attached hydrogen (secondary N) is 1. The predicted molar refractivity (Wildman–Crippen MR) is 70.5 cm³/mol. The van der Waals surface area contributed by atoms with Crippen LogP contribution in [-0.2, 0) is 17.5 Å². The van der Waals surface area contributed by atoms with Crippen molar-refractivity contribution < 1.29 is 22.3 Å². The van der Waals surface area contributed by atoms with Crippen LogP contribution in [-0.4, -0.2) is 17.1 Å². The Balaban J connectivity index is 2.48. The Morgan fingerprint density at radius 1 is 1.29 bits per heavy atom. The molecular formula is C13H10F4N2OS. The SMILES string of the molecule is COCc1nc(=S)cc(-c2ccc(C(F)(F)F)c(F)c2)[nH]1. The molecule has 0 fully saturated rings. The highest BCUT2D eigenvalue weighted by molar-refractivity contribution is 7.71. The number of alkyl halides is 3. The lowest BCUT2D eigenvalue weighted by Crippen LogP contribution is -2.08. The maximum atomic E-state index is 13.6. The smallest absolute Gasteiger partial charge is 0.377 e. The zero-order valence-corrected chi connectivity index (χ0v) is 11.6. The van der Waals surface area contributed by atoms with Gasteiger partial charge in [-0.1, -0.05) is 18.3 Å². The van der Waals surface area contributed by atoms with Gasteiger partial charge in [0.1, 0.15) is 22.9 Å². The summed E-state index contributed by atoms with van der Waals surface area (Å²) in [4.78, 5) is 6.83. The van der Waals surface area contributed by atoms with Gasteiger partial charge in [0.2, 0.25) is 0 Å². The molecule has 0 aliphatic heterocycles. The molecule has 112 valence electrons. The third-order valence-corrected chi connectivity index (χ3v) is 2.87. The maximum absolute atomic E-state index is 13.6. The second-order valence-electron chi connectivity index (χ2n) is 4.21. The van der Waals surface area contributed by atoms with Crippen LogP contribution in [0, 0.1) is 10.5 Å². The number of H-pyrrole nitrogens is 1. The van der Waals surface area contributed by atoms with Gasteiger partial charge in [-0.15, -0.1) is 0 Å². The maximum Gasteiger partial charge on any atom is 0.419 e. The molecule has 0 aliphatic carbocycles. The number of nitrogens with zero attached hydrogens (tertiary/aromatic N) is 1. The zero-order chi connectivity index (χ0) is 15.6. The fourth-order valence-electron chi connectivity index (χ4n) is 1.78. The number of halogens is 4. The van der Waals surface area contributed by atoms with Crippen molar-refractivity contribution in [3.8, 4) is 11.3 Å². The molecule has 2 aromatic rings. The second kappa shape index (κ2) is 5.90. The minimum absolute atomic E-state index is 0.153. The summed E-state index contributed by atoms with van der Waals surface area (Å²) >= 11 is 4.96. The summed E-state index contributed by atoms with van der Waals surface area (Å²) in [6.45, 7) is 0.153. The molecule has 2 rings (SSSR count). The van der Waals surface area contributed by atoms with Crippen molar-refractivity contribution in [3.63, 3.8) is 0 Å². The average Bonchev–Trinajstić information content (AvgIpc) is 2.36. The Hall–Kier alpha value is -1.80. The van der Waals surface area contributed by atoms with Crippen molar-refractivity contribution >= 4 is 12.2 Å². The van der Waals surface area contributed by atoms with Crippen LogP contribution in [0.4, 0.5) is 17.6 Å². The van der Waals surface area contributed by atoms with Crippen LogP contribution in [0.5, 0.6) is 0 Å². The minimum Gasteiger partial charge on any atom is -0.377 e. The van der Waals surface area contributed by atoms with Gasteiger partial charge in [0.15, 0.2) is 0 Å². The molecule has 0 saturated carbocycles. The third kappa shape index (κ3) is 3.64. The first-order chi connectivity index (χ1) is 9.81. The minimum atomic E-state index is -4.73. The molecule has 1 heterocycles. The fourth-order valence-corrected chi connectivity index (χ4v) is 2.01. The van der Waals surface area contributed by atoms with Crippen LogP contribution in [0.2, 0.25) is 0 Å². The van der Waals surface area contributed by atoms with E-state index in [2.05, 4.69) is 9.97 Å². The Morgan fingerprint density at radius 2 is 2.00 bits per heavy atom. The molecule has 0 aliphatic rings. The van der Waals surface area contributed by atoms with Crippen LogP contribution >= 0.6 is 12.2 Å². The van der Waals surface area contributed by atoms with E-state index in [1.54, 1.807) is 0 Å². The molecule has 0 saturated heterocycles. The highest BCUT2D eigenvalue weighted by atomic mass is 32.1.